The van der Waals surface area contributed by atoms with Crippen LogP contribution in [0.3, 0.4) is 0 Å². The van der Waals surface area contributed by atoms with Gasteiger partial charge in [-0.1, -0.05) is 0 Å². The van der Waals surface area contributed by atoms with Gasteiger partial charge in [-0.15, -0.1) is 0 Å². The second-order valence-electron chi connectivity index (χ2n) is 6.66. The lowest BCUT2D eigenvalue weighted by atomic mass is 9.93. The Morgan fingerprint density at radius 3 is 3.16 bits per heavy atom. The van der Waals surface area contributed by atoms with Crippen molar-refractivity contribution in [2.75, 3.05) is 33.4 Å². The summed E-state index contributed by atoms with van der Waals surface area (Å²) >= 11 is 0. The van der Waals surface area contributed by atoms with E-state index in [-0.39, 0.29) is 12.5 Å². The van der Waals surface area contributed by atoms with Crippen molar-refractivity contribution in [1.82, 2.24) is 9.88 Å². The number of carbonyl (C=O) groups excluding carboxylic acids is 1. The Morgan fingerprint density at radius 1 is 1.48 bits per heavy atom. The highest BCUT2D eigenvalue weighted by Crippen LogP contribution is 2.24. The van der Waals surface area contributed by atoms with Crippen LogP contribution in [0.5, 0.6) is 0 Å². The zero-order valence-electron chi connectivity index (χ0n) is 14.7. The summed E-state index contributed by atoms with van der Waals surface area (Å²) in [4.78, 5) is 19.2. The number of aromatic nitrogens is 1. The molecule has 0 unspecified atom stereocenters. The molecule has 1 aliphatic rings. The number of aliphatic hydroxyl groups is 1. The third kappa shape index (κ3) is 4.38. The Kier molecular flexibility index (Phi) is 6.04. The van der Waals surface area contributed by atoms with Crippen LogP contribution in [0.15, 0.2) is 22.6 Å². The number of piperidine rings is 1. The SMILES string of the molecule is COCCc1nc2ccc(C(=O)N3CCC[C@H](CCCO)C3)cc2o1. The number of fused-ring (bicyclic) bond motifs is 1. The first-order valence-corrected chi connectivity index (χ1v) is 9.00. The minimum absolute atomic E-state index is 0.0467. The highest BCUT2D eigenvalue weighted by molar-refractivity contribution is 5.97. The van der Waals surface area contributed by atoms with Gasteiger partial charge in [0.05, 0.1) is 6.61 Å². The lowest BCUT2D eigenvalue weighted by molar-refractivity contribution is 0.0663. The molecule has 136 valence electrons. The van der Waals surface area contributed by atoms with Crippen LogP contribution in [-0.2, 0) is 11.2 Å². The second kappa shape index (κ2) is 8.45. The number of likely N-dealkylation sites (tertiary alicyclic amines) is 1. The Bertz CT molecular complexity index is 713. The third-order valence-electron chi connectivity index (χ3n) is 4.78. The Balaban J connectivity index is 1.70. The van der Waals surface area contributed by atoms with Gasteiger partial charge in [-0.2, -0.15) is 0 Å². The Morgan fingerprint density at radius 2 is 2.36 bits per heavy atom. The molecule has 2 heterocycles. The fraction of sp³-hybridized carbons (Fsp3) is 0.579. The number of aliphatic hydroxyl groups excluding tert-OH is 1. The number of carbonyl (C=O) groups is 1. The molecule has 6 heteroatoms. The summed E-state index contributed by atoms with van der Waals surface area (Å²) in [7, 11) is 1.64. The number of nitrogens with zero attached hydrogens (tertiary/aromatic N) is 2. The van der Waals surface area contributed by atoms with Crippen molar-refractivity contribution in [1.29, 1.82) is 0 Å². The van der Waals surface area contributed by atoms with E-state index >= 15 is 0 Å². The molecule has 1 atom stereocenters. The highest BCUT2D eigenvalue weighted by atomic mass is 16.5. The van der Waals surface area contributed by atoms with E-state index in [9.17, 15) is 4.79 Å². The number of rotatable bonds is 7. The summed E-state index contributed by atoms with van der Waals surface area (Å²) < 4.78 is 10.8. The average molecular weight is 346 g/mol. The lowest BCUT2D eigenvalue weighted by Crippen LogP contribution is -2.40. The number of hydrogen-bond acceptors (Lipinski definition) is 5. The van der Waals surface area contributed by atoms with Crippen LogP contribution >= 0.6 is 0 Å². The van der Waals surface area contributed by atoms with Gasteiger partial charge in [0.2, 0.25) is 0 Å². The first-order valence-electron chi connectivity index (χ1n) is 9.00. The van der Waals surface area contributed by atoms with Crippen molar-refractivity contribution in [3.63, 3.8) is 0 Å². The number of amides is 1. The largest absolute Gasteiger partial charge is 0.441 e. The van der Waals surface area contributed by atoms with Crippen LogP contribution in [-0.4, -0.2) is 54.3 Å². The van der Waals surface area contributed by atoms with E-state index in [0.717, 1.165) is 44.3 Å². The molecule has 0 bridgehead atoms. The molecule has 6 nitrogen and oxygen atoms in total. The second-order valence-corrected chi connectivity index (χ2v) is 6.66. The van der Waals surface area contributed by atoms with Crippen LogP contribution in [0.2, 0.25) is 0 Å². The maximum Gasteiger partial charge on any atom is 0.254 e. The smallest absolute Gasteiger partial charge is 0.254 e. The summed E-state index contributed by atoms with van der Waals surface area (Å²) in [5.41, 5.74) is 2.05. The van der Waals surface area contributed by atoms with Gasteiger partial charge in [0.15, 0.2) is 11.5 Å². The van der Waals surface area contributed by atoms with Gasteiger partial charge >= 0.3 is 0 Å². The predicted molar refractivity (Wildman–Crippen MR) is 94.5 cm³/mol. The van der Waals surface area contributed by atoms with E-state index in [1.54, 1.807) is 13.2 Å². The fourth-order valence-electron chi connectivity index (χ4n) is 3.45. The molecule has 0 aliphatic carbocycles. The standard InChI is InChI=1S/C19H26N2O4/c1-24-11-8-18-20-16-7-6-15(12-17(16)25-18)19(23)21-9-2-4-14(13-21)5-3-10-22/h6-7,12,14,22H,2-5,8-11,13H2,1H3/t14-/m1/s1. The van der Waals surface area contributed by atoms with Gasteiger partial charge in [-0.3, -0.25) is 4.79 Å². The minimum atomic E-state index is 0.0467. The van der Waals surface area contributed by atoms with Crippen LogP contribution in [0, 0.1) is 5.92 Å². The van der Waals surface area contributed by atoms with E-state index in [1.165, 1.54) is 0 Å². The molecular formula is C19H26N2O4. The van der Waals surface area contributed by atoms with Crippen molar-refractivity contribution in [3.05, 3.63) is 29.7 Å². The lowest BCUT2D eigenvalue weighted by Gasteiger charge is -2.32. The maximum absolute atomic E-state index is 12.8. The van der Waals surface area contributed by atoms with Gasteiger partial charge in [-0.25, -0.2) is 4.98 Å². The molecule has 1 N–H and O–H groups in total. The molecule has 1 saturated heterocycles. The van der Waals surface area contributed by atoms with Crippen molar-refractivity contribution >= 4 is 17.0 Å². The van der Waals surface area contributed by atoms with Gasteiger partial charge in [0, 0.05) is 38.8 Å². The molecule has 0 spiro atoms. The normalized spacial score (nSPS) is 18.0. The average Bonchev–Trinajstić information content (AvgIpc) is 3.06. The van der Waals surface area contributed by atoms with Crippen molar-refractivity contribution in [2.24, 2.45) is 5.92 Å². The van der Waals surface area contributed by atoms with Gasteiger partial charge in [0.1, 0.15) is 5.52 Å². The Hall–Kier alpha value is -1.92. The van der Waals surface area contributed by atoms with E-state index in [0.29, 0.717) is 36.0 Å². The molecule has 1 fully saturated rings. The fourth-order valence-corrected chi connectivity index (χ4v) is 3.45. The van der Waals surface area contributed by atoms with E-state index in [4.69, 9.17) is 14.3 Å². The monoisotopic (exact) mass is 346 g/mol. The number of methoxy groups -OCH3 is 1. The van der Waals surface area contributed by atoms with E-state index < -0.39 is 0 Å². The first-order chi connectivity index (χ1) is 12.2. The molecule has 1 aromatic heterocycles. The molecule has 3 rings (SSSR count). The Labute approximate surface area is 147 Å². The molecule has 0 radical (unpaired) electrons. The van der Waals surface area contributed by atoms with Crippen molar-refractivity contribution in [2.45, 2.75) is 32.1 Å². The van der Waals surface area contributed by atoms with Gasteiger partial charge in [0.25, 0.3) is 5.91 Å². The third-order valence-corrected chi connectivity index (χ3v) is 4.78. The highest BCUT2D eigenvalue weighted by Gasteiger charge is 2.24. The number of benzene rings is 1. The molecule has 1 aromatic carbocycles. The van der Waals surface area contributed by atoms with Crippen molar-refractivity contribution < 1.29 is 19.1 Å². The van der Waals surface area contributed by atoms with Crippen LogP contribution in [0.4, 0.5) is 0 Å². The molecular weight excluding hydrogens is 320 g/mol. The maximum atomic E-state index is 12.8. The molecule has 1 amide bonds. The number of ether oxygens (including phenoxy) is 1. The molecule has 2 aromatic rings. The van der Waals surface area contributed by atoms with Crippen LogP contribution in [0.25, 0.3) is 11.1 Å². The van der Waals surface area contributed by atoms with Crippen molar-refractivity contribution in [3.8, 4) is 0 Å². The summed E-state index contributed by atoms with van der Waals surface area (Å²) in [6.07, 6.45) is 4.56. The molecule has 25 heavy (non-hydrogen) atoms. The first kappa shape index (κ1) is 17.9. The van der Waals surface area contributed by atoms with Crippen LogP contribution < -0.4 is 0 Å². The van der Waals surface area contributed by atoms with Gasteiger partial charge < -0.3 is 19.2 Å². The summed E-state index contributed by atoms with van der Waals surface area (Å²) in [5, 5.41) is 9.00. The topological polar surface area (TPSA) is 75.8 Å². The zero-order chi connectivity index (χ0) is 17.6. The summed E-state index contributed by atoms with van der Waals surface area (Å²) in [6, 6.07) is 5.46. The summed E-state index contributed by atoms with van der Waals surface area (Å²) in [6.45, 7) is 2.34. The van der Waals surface area contributed by atoms with Gasteiger partial charge in [-0.05, 0) is 49.8 Å². The quantitative estimate of drug-likeness (QED) is 0.834. The number of hydrogen-bond donors (Lipinski definition) is 1. The summed E-state index contributed by atoms with van der Waals surface area (Å²) in [5.74, 6) is 1.16. The van der Waals surface area contributed by atoms with E-state index in [1.807, 2.05) is 17.0 Å². The zero-order valence-corrected chi connectivity index (χ0v) is 14.7. The minimum Gasteiger partial charge on any atom is -0.441 e. The number of oxazole rings is 1. The van der Waals surface area contributed by atoms with Crippen LogP contribution in [0.1, 0.15) is 41.9 Å². The predicted octanol–water partition coefficient (Wildman–Crippen LogP) is 2.64. The molecule has 0 saturated carbocycles. The van der Waals surface area contributed by atoms with E-state index in [2.05, 4.69) is 4.98 Å². The molecule has 1 aliphatic heterocycles.